The van der Waals surface area contributed by atoms with Crippen molar-refractivity contribution in [3.05, 3.63) is 47.7 Å². The lowest BCUT2D eigenvalue weighted by atomic mass is 9.78. The molecule has 2 nitrogen and oxygen atoms in total. The van der Waals surface area contributed by atoms with Gasteiger partial charge in [-0.25, -0.2) is 4.79 Å². The number of para-hydroxylation sites is 1. The number of rotatable bonds is 2. The van der Waals surface area contributed by atoms with Gasteiger partial charge in [0.05, 0.1) is 0 Å². The Morgan fingerprint density at radius 3 is 2.59 bits per heavy atom. The molecule has 1 N–H and O–H groups in total. The molecule has 0 bridgehead atoms. The third-order valence-corrected chi connectivity index (χ3v) is 3.25. The number of anilines is 1. The normalized spacial score (nSPS) is 18.2. The van der Waals surface area contributed by atoms with Gasteiger partial charge < -0.3 is 5.32 Å². The predicted octanol–water partition coefficient (Wildman–Crippen LogP) is 3.56. The third-order valence-electron chi connectivity index (χ3n) is 3.25. The summed E-state index contributed by atoms with van der Waals surface area (Å²) in [6.45, 7) is 4.38. The summed E-state index contributed by atoms with van der Waals surface area (Å²) < 4.78 is 0. The third kappa shape index (κ3) is 2.66. The fourth-order valence-electron chi connectivity index (χ4n) is 1.99. The molecule has 0 fully saturated rings. The highest BCUT2D eigenvalue weighted by molar-refractivity contribution is 5.61. The molecular weight excluding hydrogens is 210 g/mol. The summed E-state index contributed by atoms with van der Waals surface area (Å²) in [6, 6.07) is 10.0. The first-order valence-corrected chi connectivity index (χ1v) is 5.90. The summed E-state index contributed by atoms with van der Waals surface area (Å²) in [5, 5.41) is 3.40. The van der Waals surface area contributed by atoms with Crippen molar-refractivity contribution in [2.45, 2.75) is 26.7 Å². The maximum Gasteiger partial charge on any atom is 0.127 e. The van der Waals surface area contributed by atoms with Gasteiger partial charge >= 0.3 is 0 Å². The van der Waals surface area contributed by atoms with E-state index in [4.69, 9.17) is 0 Å². The minimum atomic E-state index is 0.0796. The Bertz CT molecular complexity index is 479. The lowest BCUT2D eigenvalue weighted by Crippen LogP contribution is -2.24. The van der Waals surface area contributed by atoms with E-state index in [0.29, 0.717) is 0 Å². The van der Waals surface area contributed by atoms with Gasteiger partial charge in [-0.15, -0.1) is 0 Å². The van der Waals surface area contributed by atoms with Crippen LogP contribution in [0.25, 0.3) is 0 Å². The molecule has 0 radical (unpaired) electrons. The molecule has 0 saturated carbocycles. The summed E-state index contributed by atoms with van der Waals surface area (Å²) in [5.74, 6) is 2.01. The van der Waals surface area contributed by atoms with Gasteiger partial charge in [0, 0.05) is 22.4 Å². The molecule has 1 aliphatic carbocycles. The van der Waals surface area contributed by atoms with Crippen molar-refractivity contribution in [1.82, 2.24) is 0 Å². The second kappa shape index (κ2) is 4.60. The molecule has 1 aromatic rings. The number of nitrogens with one attached hydrogen (secondary N) is 1. The lowest BCUT2D eigenvalue weighted by Gasteiger charge is -2.32. The Labute approximate surface area is 102 Å². The van der Waals surface area contributed by atoms with Crippen LogP contribution >= 0.6 is 0 Å². The maximum atomic E-state index is 10.7. The van der Waals surface area contributed by atoms with E-state index in [1.165, 1.54) is 0 Å². The molecule has 17 heavy (non-hydrogen) atoms. The Hall–Kier alpha value is -1.79. The van der Waals surface area contributed by atoms with E-state index in [-0.39, 0.29) is 5.41 Å². The van der Waals surface area contributed by atoms with E-state index in [2.05, 4.69) is 19.2 Å². The topological polar surface area (TPSA) is 29.1 Å². The Morgan fingerprint density at radius 2 is 1.94 bits per heavy atom. The van der Waals surface area contributed by atoms with Crippen molar-refractivity contribution >= 4 is 11.6 Å². The van der Waals surface area contributed by atoms with Crippen molar-refractivity contribution < 1.29 is 4.79 Å². The molecule has 88 valence electrons. The summed E-state index contributed by atoms with van der Waals surface area (Å²) in [5.41, 5.74) is 2.98. The van der Waals surface area contributed by atoms with Crippen LogP contribution in [0.1, 0.15) is 26.7 Å². The van der Waals surface area contributed by atoms with E-state index in [0.717, 1.165) is 29.8 Å². The zero-order chi connectivity index (χ0) is 12.3. The smallest absolute Gasteiger partial charge is 0.127 e. The van der Waals surface area contributed by atoms with Crippen LogP contribution in [0.3, 0.4) is 0 Å². The van der Waals surface area contributed by atoms with Crippen LogP contribution in [-0.4, -0.2) is 5.94 Å². The van der Waals surface area contributed by atoms with Gasteiger partial charge in [-0.1, -0.05) is 32.0 Å². The summed E-state index contributed by atoms with van der Waals surface area (Å²) in [6.07, 6.45) is 3.73. The predicted molar refractivity (Wildman–Crippen MR) is 70.4 cm³/mol. The van der Waals surface area contributed by atoms with Crippen molar-refractivity contribution in [2.75, 3.05) is 5.32 Å². The van der Waals surface area contributed by atoms with Gasteiger partial charge in [0.25, 0.3) is 0 Å². The highest BCUT2D eigenvalue weighted by atomic mass is 16.1. The number of hydrogen-bond donors (Lipinski definition) is 1. The van der Waals surface area contributed by atoms with E-state index < -0.39 is 0 Å². The molecule has 0 unspecified atom stereocenters. The first-order valence-electron chi connectivity index (χ1n) is 5.90. The molecule has 2 heteroatoms. The van der Waals surface area contributed by atoms with E-state index in [1.807, 2.05) is 42.3 Å². The lowest BCUT2D eigenvalue weighted by molar-refractivity contribution is 0.400. The molecule has 1 aromatic carbocycles. The van der Waals surface area contributed by atoms with E-state index >= 15 is 0 Å². The summed E-state index contributed by atoms with van der Waals surface area (Å²) >= 11 is 0. The Balaban J connectivity index is 2.29. The Morgan fingerprint density at radius 1 is 1.24 bits per heavy atom. The van der Waals surface area contributed by atoms with E-state index in [1.54, 1.807) is 0 Å². The number of hydrogen-bond acceptors (Lipinski definition) is 2. The first kappa shape index (κ1) is 11.7. The molecule has 2 rings (SSSR count). The van der Waals surface area contributed by atoms with Crippen molar-refractivity contribution in [3.8, 4) is 0 Å². The molecular formula is C15H17NO. The number of benzene rings is 1. The molecule has 0 atom stereocenters. The Kier molecular flexibility index (Phi) is 3.16. The van der Waals surface area contributed by atoms with Crippen LogP contribution in [-0.2, 0) is 4.79 Å². The van der Waals surface area contributed by atoms with Crippen LogP contribution in [0, 0.1) is 5.41 Å². The average Bonchev–Trinajstić information content (AvgIpc) is 2.33. The molecule has 0 heterocycles. The molecule has 1 aliphatic rings. The highest BCUT2D eigenvalue weighted by Gasteiger charge is 2.27. The quantitative estimate of drug-likeness (QED) is 0.783. The van der Waals surface area contributed by atoms with Crippen LogP contribution in [0.5, 0.6) is 0 Å². The van der Waals surface area contributed by atoms with Crippen LogP contribution < -0.4 is 5.32 Å². The maximum absolute atomic E-state index is 10.7. The van der Waals surface area contributed by atoms with Crippen LogP contribution in [0.4, 0.5) is 5.69 Å². The largest absolute Gasteiger partial charge is 0.358 e. The number of carbonyl (C=O) groups excluding carboxylic acids is 1. The minimum absolute atomic E-state index is 0.0796. The standard InChI is InChI=1S/C15H17NO/c1-15(2)9-8-12(11-17)10-14(15)16-13-6-4-3-5-7-13/h3-7,10,16H,8-9H2,1-2H3. The fourth-order valence-corrected chi connectivity index (χ4v) is 1.99. The average molecular weight is 227 g/mol. The minimum Gasteiger partial charge on any atom is -0.358 e. The molecule has 0 saturated heterocycles. The van der Waals surface area contributed by atoms with Crippen molar-refractivity contribution in [1.29, 1.82) is 0 Å². The second-order valence-electron chi connectivity index (χ2n) is 5.06. The van der Waals surface area contributed by atoms with Gasteiger partial charge in [-0.05, 0) is 31.1 Å². The zero-order valence-electron chi connectivity index (χ0n) is 10.3. The van der Waals surface area contributed by atoms with Gasteiger partial charge in [-0.3, -0.25) is 0 Å². The second-order valence-corrected chi connectivity index (χ2v) is 5.06. The summed E-state index contributed by atoms with van der Waals surface area (Å²) in [4.78, 5) is 10.7. The molecule has 0 amide bonds. The first-order chi connectivity index (χ1) is 8.12. The van der Waals surface area contributed by atoms with Gasteiger partial charge in [-0.2, -0.15) is 0 Å². The van der Waals surface area contributed by atoms with E-state index in [9.17, 15) is 4.79 Å². The monoisotopic (exact) mass is 227 g/mol. The van der Waals surface area contributed by atoms with Crippen LogP contribution in [0.2, 0.25) is 0 Å². The molecule has 0 aromatic heterocycles. The van der Waals surface area contributed by atoms with Crippen molar-refractivity contribution in [2.24, 2.45) is 5.41 Å². The number of allylic oxidation sites excluding steroid dienone is 3. The summed E-state index contributed by atoms with van der Waals surface area (Å²) in [7, 11) is 0. The molecule has 0 aliphatic heterocycles. The highest BCUT2D eigenvalue weighted by Crippen LogP contribution is 2.38. The molecule has 0 spiro atoms. The SMILES string of the molecule is CC1(C)CCC(=C=O)C=C1Nc1ccccc1. The zero-order valence-corrected chi connectivity index (χ0v) is 10.3. The van der Waals surface area contributed by atoms with Gasteiger partial charge in [0.15, 0.2) is 0 Å². The van der Waals surface area contributed by atoms with Gasteiger partial charge in [0.1, 0.15) is 5.94 Å². The fraction of sp³-hybridized carbons (Fsp3) is 0.333. The van der Waals surface area contributed by atoms with Gasteiger partial charge in [0.2, 0.25) is 0 Å². The van der Waals surface area contributed by atoms with Crippen molar-refractivity contribution in [3.63, 3.8) is 0 Å². The van der Waals surface area contributed by atoms with Crippen LogP contribution in [0.15, 0.2) is 47.7 Å².